The summed E-state index contributed by atoms with van der Waals surface area (Å²) in [5.41, 5.74) is 0. The minimum absolute atomic E-state index is 0.268. The molecule has 1 aromatic heterocycles. The number of nitrogens with one attached hydrogen (secondary N) is 1. The summed E-state index contributed by atoms with van der Waals surface area (Å²) in [6.45, 7) is 5.89. The Hall–Kier alpha value is -1.36. The van der Waals surface area contributed by atoms with E-state index in [1.165, 1.54) is 0 Å². The lowest BCUT2D eigenvalue weighted by atomic mass is 10.1. The molecule has 3 rings (SSSR count). The monoisotopic (exact) mass is 248 g/mol. The largest absolute Gasteiger partial charge is 0.341 e. The number of imidazole rings is 1. The number of rotatable bonds is 3. The molecular weight excluding hydrogens is 228 g/mol. The Morgan fingerprint density at radius 1 is 1.56 bits per heavy atom. The van der Waals surface area contributed by atoms with E-state index >= 15 is 0 Å². The first-order chi connectivity index (χ1) is 8.69. The van der Waals surface area contributed by atoms with Crippen LogP contribution in [0.25, 0.3) is 0 Å². The lowest BCUT2D eigenvalue weighted by molar-refractivity contribution is -0.127. The molecule has 0 radical (unpaired) electrons. The Balaban J connectivity index is 1.67. The molecule has 2 aliphatic heterocycles. The number of carbonyl (C=O) groups excluding carboxylic acids is 1. The number of aromatic nitrogens is 2. The molecule has 0 aromatic carbocycles. The molecule has 1 fully saturated rings. The van der Waals surface area contributed by atoms with Crippen molar-refractivity contribution in [3.8, 4) is 0 Å². The lowest BCUT2D eigenvalue weighted by Crippen LogP contribution is -2.35. The van der Waals surface area contributed by atoms with Gasteiger partial charge in [0.2, 0.25) is 5.91 Å². The number of hydrogen-bond acceptors (Lipinski definition) is 3. The van der Waals surface area contributed by atoms with Gasteiger partial charge in [0.15, 0.2) is 0 Å². The van der Waals surface area contributed by atoms with E-state index in [1.807, 2.05) is 24.2 Å². The van der Waals surface area contributed by atoms with Gasteiger partial charge in [-0.1, -0.05) is 0 Å². The maximum Gasteiger partial charge on any atom is 0.224 e. The molecule has 0 spiro atoms. The minimum atomic E-state index is 0.268. The van der Waals surface area contributed by atoms with Crippen LogP contribution >= 0.6 is 0 Å². The zero-order chi connectivity index (χ0) is 12.7. The molecule has 98 valence electrons. The third kappa shape index (κ3) is 1.82. The second kappa shape index (κ2) is 4.39. The van der Waals surface area contributed by atoms with Gasteiger partial charge in [-0.2, -0.15) is 0 Å². The molecule has 5 heteroatoms. The molecule has 3 heterocycles. The number of amides is 1. The van der Waals surface area contributed by atoms with Gasteiger partial charge < -0.3 is 14.8 Å². The topological polar surface area (TPSA) is 50.2 Å². The molecule has 2 aliphatic rings. The van der Waals surface area contributed by atoms with Crippen molar-refractivity contribution in [2.75, 3.05) is 13.1 Å². The van der Waals surface area contributed by atoms with Gasteiger partial charge in [-0.25, -0.2) is 4.98 Å². The fraction of sp³-hybridized carbons (Fsp3) is 0.692. The van der Waals surface area contributed by atoms with E-state index < -0.39 is 0 Å². The second-order valence-corrected chi connectivity index (χ2v) is 5.33. The van der Waals surface area contributed by atoms with Crippen LogP contribution in [0.3, 0.4) is 0 Å². The van der Waals surface area contributed by atoms with Gasteiger partial charge in [0.25, 0.3) is 0 Å². The summed E-state index contributed by atoms with van der Waals surface area (Å²) in [6, 6.07) is 1.07. The Labute approximate surface area is 107 Å². The van der Waals surface area contributed by atoms with Crippen molar-refractivity contribution in [3.63, 3.8) is 0 Å². The van der Waals surface area contributed by atoms with E-state index in [2.05, 4.69) is 21.8 Å². The molecular formula is C13H20N4O. The van der Waals surface area contributed by atoms with E-state index in [0.717, 1.165) is 25.3 Å². The van der Waals surface area contributed by atoms with Crippen LogP contribution in [0.1, 0.15) is 44.6 Å². The fourth-order valence-electron chi connectivity index (χ4n) is 3.14. The average molecular weight is 248 g/mol. The Bertz CT molecular complexity index is 456. The van der Waals surface area contributed by atoms with Crippen molar-refractivity contribution in [3.05, 3.63) is 18.2 Å². The highest BCUT2D eigenvalue weighted by Gasteiger charge is 2.34. The molecule has 1 aromatic rings. The molecule has 18 heavy (non-hydrogen) atoms. The van der Waals surface area contributed by atoms with Gasteiger partial charge >= 0.3 is 0 Å². The van der Waals surface area contributed by atoms with Crippen LogP contribution in [0.2, 0.25) is 0 Å². The van der Waals surface area contributed by atoms with Crippen molar-refractivity contribution < 1.29 is 4.79 Å². The predicted octanol–water partition coefficient (Wildman–Crippen LogP) is 1.10. The highest BCUT2D eigenvalue weighted by Crippen LogP contribution is 2.33. The van der Waals surface area contributed by atoms with Gasteiger partial charge in [-0.15, -0.1) is 0 Å². The van der Waals surface area contributed by atoms with Gasteiger partial charge in [0.05, 0.1) is 6.04 Å². The highest BCUT2D eigenvalue weighted by atomic mass is 16.2. The van der Waals surface area contributed by atoms with Crippen LogP contribution < -0.4 is 5.32 Å². The zero-order valence-electron chi connectivity index (χ0n) is 11.0. The van der Waals surface area contributed by atoms with E-state index in [-0.39, 0.29) is 11.9 Å². The van der Waals surface area contributed by atoms with Crippen LogP contribution in [0.5, 0.6) is 0 Å². The molecule has 0 aliphatic carbocycles. The van der Waals surface area contributed by atoms with Crippen molar-refractivity contribution in [2.24, 2.45) is 0 Å². The first-order valence-corrected chi connectivity index (χ1v) is 6.75. The molecule has 1 N–H and O–H groups in total. The van der Waals surface area contributed by atoms with Gasteiger partial charge in [0.1, 0.15) is 5.82 Å². The Morgan fingerprint density at radius 2 is 2.39 bits per heavy atom. The van der Waals surface area contributed by atoms with Crippen molar-refractivity contribution in [2.45, 2.75) is 44.8 Å². The summed E-state index contributed by atoms with van der Waals surface area (Å²) in [7, 11) is 0. The molecule has 0 bridgehead atoms. The van der Waals surface area contributed by atoms with Crippen molar-refractivity contribution in [1.29, 1.82) is 0 Å². The number of fused-ring (bicyclic) bond motifs is 1. The third-order valence-electron chi connectivity index (χ3n) is 4.10. The Kier molecular flexibility index (Phi) is 2.86. The molecule has 1 saturated heterocycles. The molecule has 3 unspecified atom stereocenters. The summed E-state index contributed by atoms with van der Waals surface area (Å²) < 4.78 is 2.23. The maximum atomic E-state index is 11.7. The normalized spacial score (nSPS) is 31.1. The van der Waals surface area contributed by atoms with Crippen molar-refractivity contribution in [1.82, 2.24) is 19.8 Å². The molecule has 5 nitrogen and oxygen atoms in total. The highest BCUT2D eigenvalue weighted by molar-refractivity contribution is 5.79. The second-order valence-electron chi connectivity index (χ2n) is 5.33. The van der Waals surface area contributed by atoms with E-state index in [0.29, 0.717) is 18.5 Å². The summed E-state index contributed by atoms with van der Waals surface area (Å²) in [6.07, 6.45) is 5.59. The zero-order valence-corrected chi connectivity index (χ0v) is 11.0. The standard InChI is InChI=1S/C13H20N4O/c1-3-16-8-10(7-12(16)18)15-11-6-9(2)17-5-4-14-13(11)17/h4-5,9-11,15H,3,6-8H2,1-2H3. The molecule has 0 saturated carbocycles. The van der Waals surface area contributed by atoms with Gasteiger partial charge in [0, 0.05) is 44.0 Å². The summed E-state index contributed by atoms with van der Waals surface area (Å²) in [5, 5.41) is 3.60. The van der Waals surface area contributed by atoms with Crippen LogP contribution in [-0.4, -0.2) is 39.5 Å². The predicted molar refractivity (Wildman–Crippen MR) is 68.1 cm³/mol. The maximum absolute atomic E-state index is 11.7. The van der Waals surface area contributed by atoms with E-state index in [1.54, 1.807) is 0 Å². The fourth-order valence-corrected chi connectivity index (χ4v) is 3.14. The number of likely N-dealkylation sites (tertiary alicyclic amines) is 1. The first-order valence-electron chi connectivity index (χ1n) is 6.75. The minimum Gasteiger partial charge on any atom is -0.341 e. The summed E-state index contributed by atoms with van der Waals surface area (Å²) >= 11 is 0. The van der Waals surface area contributed by atoms with E-state index in [4.69, 9.17) is 0 Å². The number of nitrogens with zero attached hydrogens (tertiary/aromatic N) is 3. The third-order valence-corrected chi connectivity index (χ3v) is 4.10. The van der Waals surface area contributed by atoms with Crippen LogP contribution in [0.15, 0.2) is 12.4 Å². The van der Waals surface area contributed by atoms with Gasteiger partial charge in [-0.05, 0) is 20.3 Å². The van der Waals surface area contributed by atoms with Crippen molar-refractivity contribution >= 4 is 5.91 Å². The van der Waals surface area contributed by atoms with Crippen LogP contribution in [0.4, 0.5) is 0 Å². The van der Waals surface area contributed by atoms with E-state index in [9.17, 15) is 4.79 Å². The van der Waals surface area contributed by atoms with Crippen LogP contribution in [-0.2, 0) is 4.79 Å². The number of hydrogen-bond donors (Lipinski definition) is 1. The lowest BCUT2D eigenvalue weighted by Gasteiger charge is -2.18. The average Bonchev–Trinajstić information content (AvgIpc) is 2.99. The van der Waals surface area contributed by atoms with Crippen LogP contribution in [0, 0.1) is 0 Å². The SMILES string of the molecule is CCN1CC(NC2CC(C)n3ccnc32)CC1=O. The summed E-state index contributed by atoms with van der Waals surface area (Å²) in [4.78, 5) is 18.1. The first kappa shape index (κ1) is 11.7. The molecule has 3 atom stereocenters. The number of carbonyl (C=O) groups is 1. The number of likely N-dealkylation sites (N-methyl/N-ethyl adjacent to an activating group) is 1. The smallest absolute Gasteiger partial charge is 0.224 e. The Morgan fingerprint density at radius 3 is 3.11 bits per heavy atom. The quantitative estimate of drug-likeness (QED) is 0.871. The van der Waals surface area contributed by atoms with Gasteiger partial charge in [-0.3, -0.25) is 4.79 Å². The molecule has 1 amide bonds. The summed E-state index contributed by atoms with van der Waals surface area (Å²) in [5.74, 6) is 1.38.